The standard InChI is InChI=1S/C21H28N2O4/c1-13-8-14(2)11-23(10-13)21(24)17-6-7-19(20(9-17)25-5)26-12-18-15(3)22-27-16(18)4/h6-7,9,13-14H,8,10-12H2,1-5H3. The highest BCUT2D eigenvalue weighted by molar-refractivity contribution is 5.95. The Bertz CT molecular complexity index is 785. The van der Waals surface area contributed by atoms with Crippen LogP contribution < -0.4 is 9.47 Å². The molecular weight excluding hydrogens is 344 g/mol. The van der Waals surface area contributed by atoms with Gasteiger partial charge in [0.1, 0.15) is 12.4 Å². The fourth-order valence-corrected chi connectivity index (χ4v) is 3.79. The molecule has 0 radical (unpaired) electrons. The first kappa shape index (κ1) is 19.3. The Labute approximate surface area is 160 Å². The van der Waals surface area contributed by atoms with E-state index in [1.165, 1.54) is 6.42 Å². The number of carbonyl (C=O) groups is 1. The summed E-state index contributed by atoms with van der Waals surface area (Å²) in [5, 5.41) is 3.94. The Morgan fingerprint density at radius 3 is 2.52 bits per heavy atom. The van der Waals surface area contributed by atoms with E-state index >= 15 is 0 Å². The molecular formula is C21H28N2O4. The fourth-order valence-electron chi connectivity index (χ4n) is 3.79. The number of amides is 1. The predicted octanol–water partition coefficient (Wildman–Crippen LogP) is 4.00. The van der Waals surface area contributed by atoms with E-state index in [0.29, 0.717) is 35.5 Å². The van der Waals surface area contributed by atoms with E-state index in [-0.39, 0.29) is 5.91 Å². The second kappa shape index (κ2) is 8.03. The van der Waals surface area contributed by atoms with Crippen LogP contribution >= 0.6 is 0 Å². The first-order chi connectivity index (χ1) is 12.9. The van der Waals surface area contributed by atoms with Crippen molar-refractivity contribution in [3.05, 3.63) is 40.8 Å². The van der Waals surface area contributed by atoms with Crippen LogP contribution in [-0.4, -0.2) is 36.2 Å². The summed E-state index contributed by atoms with van der Waals surface area (Å²) in [4.78, 5) is 14.9. The molecule has 2 atom stereocenters. The van der Waals surface area contributed by atoms with E-state index in [1.54, 1.807) is 25.3 Å². The number of likely N-dealkylation sites (tertiary alicyclic amines) is 1. The number of aromatic nitrogens is 1. The first-order valence-corrected chi connectivity index (χ1v) is 9.40. The summed E-state index contributed by atoms with van der Waals surface area (Å²) >= 11 is 0. The van der Waals surface area contributed by atoms with E-state index in [4.69, 9.17) is 14.0 Å². The maximum Gasteiger partial charge on any atom is 0.254 e. The van der Waals surface area contributed by atoms with Gasteiger partial charge in [0.2, 0.25) is 0 Å². The van der Waals surface area contributed by atoms with Crippen molar-refractivity contribution in [3.8, 4) is 11.5 Å². The molecule has 1 aromatic heterocycles. The Balaban J connectivity index is 1.74. The number of hydrogen-bond acceptors (Lipinski definition) is 5. The van der Waals surface area contributed by atoms with Gasteiger partial charge >= 0.3 is 0 Å². The molecule has 3 rings (SSSR count). The van der Waals surface area contributed by atoms with E-state index in [2.05, 4.69) is 19.0 Å². The molecule has 27 heavy (non-hydrogen) atoms. The lowest BCUT2D eigenvalue weighted by Crippen LogP contribution is -2.42. The lowest BCUT2D eigenvalue weighted by Gasteiger charge is -2.35. The van der Waals surface area contributed by atoms with Crippen molar-refractivity contribution in [1.82, 2.24) is 10.1 Å². The van der Waals surface area contributed by atoms with Crippen molar-refractivity contribution in [2.24, 2.45) is 11.8 Å². The third-order valence-electron chi connectivity index (χ3n) is 5.12. The van der Waals surface area contributed by atoms with Crippen molar-refractivity contribution >= 4 is 5.91 Å². The van der Waals surface area contributed by atoms with Gasteiger partial charge in [-0.25, -0.2) is 0 Å². The molecule has 1 aliphatic rings. The number of methoxy groups -OCH3 is 1. The molecule has 1 aromatic carbocycles. The molecule has 0 N–H and O–H groups in total. The van der Waals surface area contributed by atoms with Gasteiger partial charge in [0, 0.05) is 18.7 Å². The number of ether oxygens (including phenoxy) is 2. The van der Waals surface area contributed by atoms with Crippen molar-refractivity contribution < 1.29 is 18.8 Å². The molecule has 0 spiro atoms. The van der Waals surface area contributed by atoms with E-state index < -0.39 is 0 Å². The molecule has 0 saturated carbocycles. The van der Waals surface area contributed by atoms with E-state index in [9.17, 15) is 4.79 Å². The zero-order valence-corrected chi connectivity index (χ0v) is 16.7. The van der Waals surface area contributed by atoms with Crippen LogP contribution in [0.25, 0.3) is 0 Å². The molecule has 0 bridgehead atoms. The maximum absolute atomic E-state index is 12.9. The van der Waals surface area contributed by atoms with Crippen LogP contribution in [0.3, 0.4) is 0 Å². The smallest absolute Gasteiger partial charge is 0.254 e. The molecule has 2 aromatic rings. The highest BCUT2D eigenvalue weighted by Crippen LogP contribution is 2.31. The summed E-state index contributed by atoms with van der Waals surface area (Å²) in [6.07, 6.45) is 1.17. The zero-order valence-electron chi connectivity index (χ0n) is 16.7. The van der Waals surface area contributed by atoms with Crippen LogP contribution in [-0.2, 0) is 6.61 Å². The van der Waals surface area contributed by atoms with Gasteiger partial charge in [0.05, 0.1) is 18.4 Å². The van der Waals surface area contributed by atoms with Crippen molar-refractivity contribution in [3.63, 3.8) is 0 Å². The van der Waals surface area contributed by atoms with E-state index in [1.807, 2.05) is 18.7 Å². The van der Waals surface area contributed by atoms with Crippen molar-refractivity contribution in [2.75, 3.05) is 20.2 Å². The zero-order chi connectivity index (χ0) is 19.6. The highest BCUT2D eigenvalue weighted by Gasteiger charge is 2.26. The summed E-state index contributed by atoms with van der Waals surface area (Å²) in [6.45, 7) is 10.1. The lowest BCUT2D eigenvalue weighted by molar-refractivity contribution is 0.0622. The van der Waals surface area contributed by atoms with Crippen LogP contribution in [0.4, 0.5) is 0 Å². The monoisotopic (exact) mass is 372 g/mol. The van der Waals surface area contributed by atoms with Crippen molar-refractivity contribution in [2.45, 2.75) is 40.7 Å². The fraction of sp³-hybridized carbons (Fsp3) is 0.524. The predicted molar refractivity (Wildman–Crippen MR) is 102 cm³/mol. The maximum atomic E-state index is 12.9. The normalized spacial score (nSPS) is 19.8. The molecule has 146 valence electrons. The van der Waals surface area contributed by atoms with Gasteiger partial charge in [-0.15, -0.1) is 0 Å². The van der Waals surface area contributed by atoms with Gasteiger partial charge in [0.15, 0.2) is 11.5 Å². The Hall–Kier alpha value is -2.50. The Morgan fingerprint density at radius 1 is 1.22 bits per heavy atom. The average molecular weight is 372 g/mol. The summed E-state index contributed by atoms with van der Waals surface area (Å²) < 4.78 is 16.5. The molecule has 2 heterocycles. The molecule has 6 heteroatoms. The number of benzene rings is 1. The SMILES string of the molecule is COc1cc(C(=O)N2CC(C)CC(C)C2)ccc1OCc1c(C)noc1C. The Morgan fingerprint density at radius 2 is 1.93 bits per heavy atom. The minimum atomic E-state index is 0.0453. The molecule has 1 fully saturated rings. The largest absolute Gasteiger partial charge is 0.493 e. The summed E-state index contributed by atoms with van der Waals surface area (Å²) in [5.74, 6) is 2.98. The summed E-state index contributed by atoms with van der Waals surface area (Å²) in [5.41, 5.74) is 2.36. The van der Waals surface area contributed by atoms with Crippen LogP contribution in [0.2, 0.25) is 0 Å². The van der Waals surface area contributed by atoms with Gasteiger partial charge in [-0.05, 0) is 50.3 Å². The van der Waals surface area contributed by atoms with Gasteiger partial charge < -0.3 is 18.9 Å². The molecule has 1 aliphatic heterocycles. The number of hydrogen-bond donors (Lipinski definition) is 0. The van der Waals surface area contributed by atoms with Gasteiger partial charge in [0.25, 0.3) is 5.91 Å². The topological polar surface area (TPSA) is 64.8 Å². The summed E-state index contributed by atoms with van der Waals surface area (Å²) in [6, 6.07) is 5.35. The quantitative estimate of drug-likeness (QED) is 0.794. The Kier molecular flexibility index (Phi) is 5.73. The number of nitrogens with zero attached hydrogens (tertiary/aromatic N) is 2. The molecule has 0 aliphatic carbocycles. The number of piperidine rings is 1. The first-order valence-electron chi connectivity index (χ1n) is 9.40. The second-order valence-electron chi connectivity index (χ2n) is 7.61. The second-order valence-corrected chi connectivity index (χ2v) is 7.61. The lowest BCUT2D eigenvalue weighted by atomic mass is 9.91. The van der Waals surface area contributed by atoms with Crippen LogP contribution in [0.5, 0.6) is 11.5 Å². The highest BCUT2D eigenvalue weighted by atomic mass is 16.5. The van der Waals surface area contributed by atoms with Gasteiger partial charge in [-0.1, -0.05) is 19.0 Å². The average Bonchev–Trinajstić information content (AvgIpc) is 2.96. The minimum Gasteiger partial charge on any atom is -0.493 e. The molecule has 2 unspecified atom stereocenters. The minimum absolute atomic E-state index is 0.0453. The van der Waals surface area contributed by atoms with Crippen LogP contribution in [0.1, 0.15) is 47.6 Å². The third kappa shape index (κ3) is 4.26. The number of aryl methyl sites for hydroxylation is 2. The van der Waals surface area contributed by atoms with Crippen molar-refractivity contribution in [1.29, 1.82) is 0 Å². The van der Waals surface area contributed by atoms with E-state index in [0.717, 1.165) is 30.1 Å². The van der Waals surface area contributed by atoms with Crippen LogP contribution in [0.15, 0.2) is 22.7 Å². The number of rotatable bonds is 5. The number of carbonyl (C=O) groups excluding carboxylic acids is 1. The summed E-state index contributed by atoms with van der Waals surface area (Å²) in [7, 11) is 1.58. The van der Waals surface area contributed by atoms with Gasteiger partial charge in [-0.2, -0.15) is 0 Å². The molecule has 6 nitrogen and oxygen atoms in total. The molecule has 1 saturated heterocycles. The van der Waals surface area contributed by atoms with Crippen LogP contribution in [0, 0.1) is 25.7 Å². The third-order valence-corrected chi connectivity index (χ3v) is 5.12. The molecule has 1 amide bonds. The van der Waals surface area contributed by atoms with Gasteiger partial charge in [-0.3, -0.25) is 4.79 Å².